The zero-order valence-electron chi connectivity index (χ0n) is 8.83. The van der Waals surface area contributed by atoms with Gasteiger partial charge in [0.2, 0.25) is 0 Å². The summed E-state index contributed by atoms with van der Waals surface area (Å²) in [6.07, 6.45) is 5.54. The molecule has 2 heterocycles. The predicted octanol–water partition coefficient (Wildman–Crippen LogP) is 2.23. The monoisotopic (exact) mass is 303 g/mol. The SMILES string of the molecule is O=c1[nH]ncc(NCC2CCCCS2)c1Br. The van der Waals surface area contributed by atoms with Gasteiger partial charge in [0, 0.05) is 11.8 Å². The summed E-state index contributed by atoms with van der Waals surface area (Å²) >= 11 is 5.26. The van der Waals surface area contributed by atoms with Crippen LogP contribution in [0.1, 0.15) is 19.3 Å². The number of hydrogen-bond donors (Lipinski definition) is 2. The van der Waals surface area contributed by atoms with Crippen LogP contribution in [0.25, 0.3) is 0 Å². The largest absolute Gasteiger partial charge is 0.382 e. The fraction of sp³-hybridized carbons (Fsp3) is 0.600. The fourth-order valence-electron chi connectivity index (χ4n) is 1.70. The Morgan fingerprint density at radius 2 is 2.50 bits per heavy atom. The van der Waals surface area contributed by atoms with Gasteiger partial charge < -0.3 is 5.32 Å². The quantitative estimate of drug-likeness (QED) is 0.899. The number of aromatic nitrogens is 2. The summed E-state index contributed by atoms with van der Waals surface area (Å²) in [5.41, 5.74) is 0.580. The average Bonchev–Trinajstić information content (AvgIpc) is 2.32. The fourth-order valence-corrected chi connectivity index (χ4v) is 3.27. The van der Waals surface area contributed by atoms with Crippen molar-refractivity contribution < 1.29 is 0 Å². The number of aromatic amines is 1. The molecular formula is C10H14BrN3OS. The molecule has 2 rings (SSSR count). The summed E-state index contributed by atoms with van der Waals surface area (Å²) in [5.74, 6) is 1.25. The molecule has 88 valence electrons. The lowest BCUT2D eigenvalue weighted by atomic mass is 10.2. The molecule has 1 aliphatic rings. The van der Waals surface area contributed by atoms with Crippen molar-refractivity contribution >= 4 is 33.4 Å². The van der Waals surface area contributed by atoms with Crippen LogP contribution >= 0.6 is 27.7 Å². The minimum absolute atomic E-state index is 0.193. The number of rotatable bonds is 3. The van der Waals surface area contributed by atoms with Crippen molar-refractivity contribution in [3.05, 3.63) is 21.0 Å². The van der Waals surface area contributed by atoms with E-state index in [1.807, 2.05) is 11.8 Å². The van der Waals surface area contributed by atoms with Gasteiger partial charge >= 0.3 is 0 Å². The summed E-state index contributed by atoms with van der Waals surface area (Å²) in [4.78, 5) is 11.3. The highest BCUT2D eigenvalue weighted by atomic mass is 79.9. The third-order valence-electron chi connectivity index (χ3n) is 2.59. The van der Waals surface area contributed by atoms with Gasteiger partial charge in [-0.25, -0.2) is 5.10 Å². The molecule has 1 atom stereocenters. The normalized spacial score (nSPS) is 20.7. The molecule has 1 aromatic heterocycles. The highest BCUT2D eigenvalue weighted by Gasteiger charge is 2.14. The molecule has 1 unspecified atom stereocenters. The number of anilines is 1. The van der Waals surface area contributed by atoms with Crippen LogP contribution in [0.5, 0.6) is 0 Å². The summed E-state index contributed by atoms with van der Waals surface area (Å²) in [5, 5.41) is 10.1. The first kappa shape index (κ1) is 12.0. The van der Waals surface area contributed by atoms with Crippen LogP contribution in [-0.2, 0) is 0 Å². The van der Waals surface area contributed by atoms with Crippen LogP contribution in [0.15, 0.2) is 15.5 Å². The summed E-state index contributed by atoms with van der Waals surface area (Å²) in [6.45, 7) is 0.897. The van der Waals surface area contributed by atoms with Crippen molar-refractivity contribution in [2.45, 2.75) is 24.5 Å². The molecular weight excluding hydrogens is 290 g/mol. The standard InChI is InChI=1S/C10H14BrN3OS/c11-9-8(6-13-14-10(9)15)12-5-7-3-1-2-4-16-7/h6-7H,1-5H2,(H2,12,14,15). The maximum atomic E-state index is 11.3. The number of hydrogen-bond acceptors (Lipinski definition) is 4. The molecule has 1 saturated heterocycles. The van der Waals surface area contributed by atoms with Crippen molar-refractivity contribution in [1.82, 2.24) is 10.2 Å². The van der Waals surface area contributed by atoms with E-state index in [0.29, 0.717) is 9.72 Å². The van der Waals surface area contributed by atoms with E-state index < -0.39 is 0 Å². The molecule has 0 spiro atoms. The Balaban J connectivity index is 1.93. The van der Waals surface area contributed by atoms with Crippen LogP contribution in [-0.4, -0.2) is 27.7 Å². The molecule has 16 heavy (non-hydrogen) atoms. The molecule has 0 amide bonds. The minimum Gasteiger partial charge on any atom is -0.382 e. The van der Waals surface area contributed by atoms with Gasteiger partial charge in [-0.15, -0.1) is 0 Å². The van der Waals surface area contributed by atoms with E-state index in [-0.39, 0.29) is 5.56 Å². The van der Waals surface area contributed by atoms with Crippen LogP contribution < -0.4 is 10.9 Å². The van der Waals surface area contributed by atoms with Crippen molar-refractivity contribution in [1.29, 1.82) is 0 Å². The molecule has 1 aliphatic heterocycles. The van der Waals surface area contributed by atoms with Gasteiger partial charge in [-0.1, -0.05) is 6.42 Å². The minimum atomic E-state index is -0.193. The first-order valence-corrected chi connectivity index (χ1v) is 7.20. The number of H-pyrrole nitrogens is 1. The van der Waals surface area contributed by atoms with Gasteiger partial charge in [0.25, 0.3) is 5.56 Å². The molecule has 2 N–H and O–H groups in total. The van der Waals surface area contributed by atoms with Crippen molar-refractivity contribution in [2.75, 3.05) is 17.6 Å². The van der Waals surface area contributed by atoms with Gasteiger partial charge in [0.05, 0.1) is 11.9 Å². The van der Waals surface area contributed by atoms with Crippen LogP contribution in [0, 0.1) is 0 Å². The van der Waals surface area contributed by atoms with Gasteiger partial charge in [-0.05, 0) is 34.5 Å². The van der Waals surface area contributed by atoms with Crippen LogP contribution in [0.4, 0.5) is 5.69 Å². The van der Waals surface area contributed by atoms with Crippen molar-refractivity contribution in [3.63, 3.8) is 0 Å². The van der Waals surface area contributed by atoms with E-state index in [1.165, 1.54) is 25.0 Å². The van der Waals surface area contributed by atoms with Gasteiger partial charge in [0.1, 0.15) is 4.47 Å². The summed E-state index contributed by atoms with van der Waals surface area (Å²) in [7, 11) is 0. The van der Waals surface area contributed by atoms with E-state index >= 15 is 0 Å². The second kappa shape index (κ2) is 5.72. The van der Waals surface area contributed by atoms with Gasteiger partial charge in [-0.3, -0.25) is 4.79 Å². The average molecular weight is 304 g/mol. The lowest BCUT2D eigenvalue weighted by Gasteiger charge is -2.21. The van der Waals surface area contributed by atoms with E-state index in [0.717, 1.165) is 12.2 Å². The molecule has 1 aromatic rings. The molecule has 0 bridgehead atoms. The van der Waals surface area contributed by atoms with E-state index in [2.05, 4.69) is 31.4 Å². The van der Waals surface area contributed by atoms with Gasteiger partial charge in [-0.2, -0.15) is 16.9 Å². The van der Waals surface area contributed by atoms with Crippen molar-refractivity contribution in [3.8, 4) is 0 Å². The molecule has 1 fully saturated rings. The molecule has 0 aliphatic carbocycles. The van der Waals surface area contributed by atoms with E-state index in [1.54, 1.807) is 6.20 Å². The molecule has 0 aromatic carbocycles. The first-order valence-electron chi connectivity index (χ1n) is 5.36. The van der Waals surface area contributed by atoms with Crippen LogP contribution in [0.3, 0.4) is 0 Å². The van der Waals surface area contributed by atoms with Gasteiger partial charge in [0.15, 0.2) is 0 Å². The zero-order valence-corrected chi connectivity index (χ0v) is 11.2. The first-order chi connectivity index (χ1) is 7.77. The van der Waals surface area contributed by atoms with E-state index in [9.17, 15) is 4.79 Å². The maximum absolute atomic E-state index is 11.3. The number of nitrogens with zero attached hydrogens (tertiary/aromatic N) is 1. The zero-order chi connectivity index (χ0) is 11.4. The van der Waals surface area contributed by atoms with Crippen LogP contribution in [0.2, 0.25) is 0 Å². The Bertz CT molecular complexity index is 403. The smallest absolute Gasteiger partial charge is 0.280 e. The Hall–Kier alpha value is -0.490. The topological polar surface area (TPSA) is 57.8 Å². The molecule has 0 saturated carbocycles. The third kappa shape index (κ3) is 3.01. The highest BCUT2D eigenvalue weighted by molar-refractivity contribution is 9.10. The lowest BCUT2D eigenvalue weighted by molar-refractivity contribution is 0.677. The van der Waals surface area contributed by atoms with Crippen molar-refractivity contribution in [2.24, 2.45) is 0 Å². The summed E-state index contributed by atoms with van der Waals surface area (Å²) in [6, 6.07) is 0. The molecule has 4 nitrogen and oxygen atoms in total. The third-order valence-corrected chi connectivity index (χ3v) is 4.78. The molecule has 6 heteroatoms. The second-order valence-corrected chi connectivity index (χ2v) is 6.00. The Labute approximate surface area is 107 Å². The Morgan fingerprint density at radius 3 is 3.25 bits per heavy atom. The highest BCUT2D eigenvalue weighted by Crippen LogP contribution is 2.25. The second-order valence-electron chi connectivity index (χ2n) is 3.80. The number of thioether (sulfide) groups is 1. The number of halogens is 1. The number of nitrogens with one attached hydrogen (secondary N) is 2. The lowest BCUT2D eigenvalue weighted by Crippen LogP contribution is -2.21. The Morgan fingerprint density at radius 1 is 1.62 bits per heavy atom. The molecule has 0 radical (unpaired) electrons. The Kier molecular flexibility index (Phi) is 4.29. The maximum Gasteiger partial charge on any atom is 0.280 e. The predicted molar refractivity (Wildman–Crippen MR) is 71.1 cm³/mol. The summed E-state index contributed by atoms with van der Waals surface area (Å²) < 4.78 is 0.531. The van der Waals surface area contributed by atoms with E-state index in [4.69, 9.17) is 0 Å².